The Bertz CT molecular complexity index is 569. The molecular formula is C13H11N3O. The topological polar surface area (TPSA) is 65.2 Å². The lowest BCUT2D eigenvalue weighted by Gasteiger charge is -2.28. The number of benzene rings is 1. The summed E-state index contributed by atoms with van der Waals surface area (Å²) < 4.78 is 0. The third kappa shape index (κ3) is 1.60. The van der Waals surface area contributed by atoms with Gasteiger partial charge in [0, 0.05) is 17.9 Å². The fourth-order valence-electron chi connectivity index (χ4n) is 2.55. The highest BCUT2D eigenvalue weighted by molar-refractivity contribution is 6.07. The molecule has 0 saturated carbocycles. The summed E-state index contributed by atoms with van der Waals surface area (Å²) in [6.45, 7) is 0. The fourth-order valence-corrected chi connectivity index (χ4v) is 2.55. The Morgan fingerprint density at radius 2 is 2.35 bits per heavy atom. The van der Waals surface area contributed by atoms with E-state index in [-0.39, 0.29) is 11.8 Å². The first-order chi connectivity index (χ1) is 8.28. The lowest BCUT2D eigenvalue weighted by molar-refractivity contribution is -0.122. The maximum Gasteiger partial charge on any atom is 0.240 e. The number of hydrogen-bond donors (Lipinski definition) is 1. The largest absolute Gasteiger partial charge is 0.273 e. The van der Waals surface area contributed by atoms with Crippen molar-refractivity contribution < 1.29 is 4.79 Å². The number of amides is 1. The quantitative estimate of drug-likeness (QED) is 0.724. The number of fused-ring (bicyclic) bond motifs is 3. The number of nitrogens with one attached hydrogen (secondary N) is 1. The molecule has 0 saturated heterocycles. The molecule has 0 radical (unpaired) electrons. The molecule has 1 amide bonds. The summed E-state index contributed by atoms with van der Waals surface area (Å²) >= 11 is 0. The number of hydrazone groups is 1. The van der Waals surface area contributed by atoms with Crippen LogP contribution in [0.5, 0.6) is 0 Å². The SMILES string of the molecule is N#Cc1ccc2c(c1)CC[C@@H]1CC(=O)NN=C21. The van der Waals surface area contributed by atoms with Crippen LogP contribution < -0.4 is 5.43 Å². The van der Waals surface area contributed by atoms with Gasteiger partial charge in [0.2, 0.25) is 5.91 Å². The molecule has 1 aliphatic carbocycles. The van der Waals surface area contributed by atoms with Gasteiger partial charge in [-0.05, 0) is 30.5 Å². The fraction of sp³-hybridized carbons (Fsp3) is 0.308. The van der Waals surface area contributed by atoms with Crippen molar-refractivity contribution >= 4 is 11.6 Å². The van der Waals surface area contributed by atoms with Crippen molar-refractivity contribution in [1.29, 1.82) is 5.26 Å². The Labute approximate surface area is 98.9 Å². The molecule has 0 bridgehead atoms. The monoisotopic (exact) mass is 225 g/mol. The van der Waals surface area contributed by atoms with Gasteiger partial charge >= 0.3 is 0 Å². The summed E-state index contributed by atoms with van der Waals surface area (Å²) in [5, 5.41) is 13.0. The van der Waals surface area contributed by atoms with Gasteiger partial charge in [-0.15, -0.1) is 0 Å². The highest BCUT2D eigenvalue weighted by Gasteiger charge is 2.30. The van der Waals surface area contributed by atoms with E-state index in [2.05, 4.69) is 16.6 Å². The average Bonchev–Trinajstić information content (AvgIpc) is 2.37. The van der Waals surface area contributed by atoms with Crippen molar-refractivity contribution in [1.82, 2.24) is 5.43 Å². The van der Waals surface area contributed by atoms with Crippen molar-refractivity contribution in [3.05, 3.63) is 34.9 Å². The maximum atomic E-state index is 11.3. The zero-order valence-electron chi connectivity index (χ0n) is 9.23. The Kier molecular flexibility index (Phi) is 2.19. The van der Waals surface area contributed by atoms with Crippen LogP contribution in [0, 0.1) is 17.2 Å². The molecule has 2 aliphatic rings. The van der Waals surface area contributed by atoms with Gasteiger partial charge in [-0.3, -0.25) is 4.79 Å². The van der Waals surface area contributed by atoms with E-state index in [4.69, 9.17) is 5.26 Å². The Morgan fingerprint density at radius 1 is 1.47 bits per heavy atom. The van der Waals surface area contributed by atoms with E-state index >= 15 is 0 Å². The molecular weight excluding hydrogens is 214 g/mol. The van der Waals surface area contributed by atoms with Crippen molar-refractivity contribution in [2.24, 2.45) is 11.0 Å². The Balaban J connectivity index is 2.08. The zero-order valence-corrected chi connectivity index (χ0v) is 9.23. The van der Waals surface area contributed by atoms with Gasteiger partial charge in [-0.2, -0.15) is 10.4 Å². The number of carbonyl (C=O) groups excluding carboxylic acids is 1. The van der Waals surface area contributed by atoms with E-state index in [1.54, 1.807) is 6.07 Å². The van der Waals surface area contributed by atoms with Crippen molar-refractivity contribution in [2.45, 2.75) is 19.3 Å². The molecule has 1 atom stereocenters. The minimum atomic E-state index is -0.00385. The van der Waals surface area contributed by atoms with Crippen molar-refractivity contribution in [3.63, 3.8) is 0 Å². The molecule has 17 heavy (non-hydrogen) atoms. The third-order valence-corrected chi connectivity index (χ3v) is 3.39. The number of aryl methyl sites for hydroxylation is 1. The Hall–Kier alpha value is -2.15. The lowest BCUT2D eigenvalue weighted by Crippen LogP contribution is -2.36. The second-order valence-corrected chi connectivity index (χ2v) is 4.46. The number of hydrogen-bond acceptors (Lipinski definition) is 3. The van der Waals surface area contributed by atoms with Gasteiger partial charge in [0.15, 0.2) is 0 Å². The van der Waals surface area contributed by atoms with Crippen molar-refractivity contribution in [2.75, 3.05) is 0 Å². The molecule has 1 heterocycles. The van der Waals surface area contributed by atoms with Crippen LogP contribution in [-0.2, 0) is 11.2 Å². The second kappa shape index (κ2) is 3.70. The highest BCUT2D eigenvalue weighted by Crippen LogP contribution is 2.30. The summed E-state index contributed by atoms with van der Waals surface area (Å²) in [5.74, 6) is 0.236. The highest BCUT2D eigenvalue weighted by atomic mass is 16.2. The van der Waals surface area contributed by atoms with Crippen LogP contribution >= 0.6 is 0 Å². The first-order valence-corrected chi connectivity index (χ1v) is 5.68. The van der Waals surface area contributed by atoms with Gasteiger partial charge in [-0.25, -0.2) is 5.43 Å². The number of rotatable bonds is 0. The summed E-state index contributed by atoms with van der Waals surface area (Å²) in [6.07, 6.45) is 2.38. The van der Waals surface area contributed by atoms with E-state index < -0.39 is 0 Å². The molecule has 0 aromatic heterocycles. The summed E-state index contributed by atoms with van der Waals surface area (Å²) in [4.78, 5) is 11.3. The number of nitrogens with zero attached hydrogens (tertiary/aromatic N) is 2. The average molecular weight is 225 g/mol. The van der Waals surface area contributed by atoms with E-state index in [0.717, 1.165) is 29.7 Å². The van der Waals surface area contributed by atoms with Crippen LogP contribution in [0.2, 0.25) is 0 Å². The molecule has 0 fully saturated rings. The third-order valence-electron chi connectivity index (χ3n) is 3.39. The van der Waals surface area contributed by atoms with Crippen LogP contribution in [0.25, 0.3) is 0 Å². The lowest BCUT2D eigenvalue weighted by atomic mass is 9.79. The molecule has 0 spiro atoms. The molecule has 4 heteroatoms. The normalized spacial score (nSPS) is 21.7. The molecule has 1 aliphatic heterocycles. The Morgan fingerprint density at radius 3 is 3.18 bits per heavy atom. The zero-order chi connectivity index (χ0) is 11.8. The molecule has 1 aromatic carbocycles. The summed E-state index contributed by atoms with van der Waals surface area (Å²) in [6, 6.07) is 7.81. The molecule has 0 unspecified atom stereocenters. The van der Waals surface area contributed by atoms with Crippen LogP contribution in [0.15, 0.2) is 23.3 Å². The second-order valence-electron chi connectivity index (χ2n) is 4.46. The van der Waals surface area contributed by atoms with Crippen LogP contribution in [0.3, 0.4) is 0 Å². The summed E-state index contributed by atoms with van der Waals surface area (Å²) in [5.41, 5.74) is 6.43. The predicted molar refractivity (Wildman–Crippen MR) is 62.3 cm³/mol. The minimum absolute atomic E-state index is 0.00385. The van der Waals surface area contributed by atoms with Crippen LogP contribution in [0.1, 0.15) is 29.5 Å². The minimum Gasteiger partial charge on any atom is -0.273 e. The molecule has 84 valence electrons. The number of carbonyl (C=O) groups is 1. The van der Waals surface area contributed by atoms with E-state index in [0.29, 0.717) is 12.0 Å². The first-order valence-electron chi connectivity index (χ1n) is 5.68. The van der Waals surface area contributed by atoms with Gasteiger partial charge in [0.1, 0.15) is 0 Å². The van der Waals surface area contributed by atoms with Gasteiger partial charge < -0.3 is 0 Å². The smallest absolute Gasteiger partial charge is 0.240 e. The van der Waals surface area contributed by atoms with Gasteiger partial charge in [0.05, 0.1) is 17.3 Å². The van der Waals surface area contributed by atoms with Crippen LogP contribution in [0.4, 0.5) is 0 Å². The number of nitriles is 1. The van der Waals surface area contributed by atoms with E-state index in [9.17, 15) is 4.79 Å². The molecule has 3 rings (SSSR count). The molecule has 1 aromatic rings. The van der Waals surface area contributed by atoms with Crippen molar-refractivity contribution in [3.8, 4) is 6.07 Å². The van der Waals surface area contributed by atoms with Gasteiger partial charge in [0.25, 0.3) is 0 Å². The first kappa shape index (κ1) is 10.0. The van der Waals surface area contributed by atoms with E-state index in [1.807, 2.05) is 12.1 Å². The molecule has 1 N–H and O–H groups in total. The maximum absolute atomic E-state index is 11.3. The van der Waals surface area contributed by atoms with E-state index in [1.165, 1.54) is 0 Å². The van der Waals surface area contributed by atoms with Gasteiger partial charge in [-0.1, -0.05) is 6.07 Å². The summed E-state index contributed by atoms with van der Waals surface area (Å²) in [7, 11) is 0. The molecule has 4 nitrogen and oxygen atoms in total. The standard InChI is InChI=1S/C13H11N3O/c14-7-8-1-4-11-9(5-8)2-3-10-6-12(17)15-16-13(10)11/h1,4-5,10H,2-3,6H2,(H,15,17)/t10-/m1/s1. The van der Waals surface area contributed by atoms with Crippen LogP contribution in [-0.4, -0.2) is 11.6 Å². The predicted octanol–water partition coefficient (Wildman–Crippen LogP) is 1.34.